The van der Waals surface area contributed by atoms with Crippen molar-refractivity contribution in [3.63, 3.8) is 0 Å². The minimum Gasteiger partial charge on any atom is -0.369 e. The van der Waals surface area contributed by atoms with Gasteiger partial charge in [-0.05, 0) is 17.9 Å². The molecule has 1 rings (SSSR count). The third kappa shape index (κ3) is 3.89. The molecule has 0 aromatic heterocycles. The highest BCUT2D eigenvalue weighted by Crippen LogP contribution is 2.24. The van der Waals surface area contributed by atoms with Crippen LogP contribution in [0.3, 0.4) is 0 Å². The Kier molecular flexibility index (Phi) is 5.39. The zero-order valence-corrected chi connectivity index (χ0v) is 10.7. The first-order chi connectivity index (χ1) is 7.65. The van der Waals surface area contributed by atoms with Gasteiger partial charge in [0.05, 0.1) is 5.25 Å². The standard InChI is InChI=1S/C13H19NOS/c1-3-12(13(14)15)16-9-10(2)11-7-5-4-6-8-11/h4-8,10,12H,3,9H2,1-2H3,(H2,14,15)/t10-,12+/m1/s1. The number of carbonyl (C=O) groups is 1. The number of nitrogens with two attached hydrogens (primary N) is 1. The van der Waals surface area contributed by atoms with Crippen LogP contribution in [0.5, 0.6) is 0 Å². The second kappa shape index (κ2) is 6.59. The van der Waals surface area contributed by atoms with Crippen LogP contribution in [0.25, 0.3) is 0 Å². The van der Waals surface area contributed by atoms with Gasteiger partial charge in [0.15, 0.2) is 0 Å². The number of hydrogen-bond acceptors (Lipinski definition) is 2. The molecule has 1 aromatic rings. The summed E-state index contributed by atoms with van der Waals surface area (Å²) in [5.41, 5.74) is 6.63. The molecule has 0 spiro atoms. The molecule has 1 aromatic carbocycles. The number of primary amides is 1. The van der Waals surface area contributed by atoms with Gasteiger partial charge in [0, 0.05) is 5.75 Å². The molecule has 0 aliphatic rings. The van der Waals surface area contributed by atoms with Crippen LogP contribution < -0.4 is 5.73 Å². The maximum atomic E-state index is 11.1. The largest absolute Gasteiger partial charge is 0.369 e. The SMILES string of the molecule is CC[C@H](SC[C@@H](C)c1ccccc1)C(N)=O. The molecule has 1 amide bonds. The van der Waals surface area contributed by atoms with Gasteiger partial charge in [0.2, 0.25) is 5.91 Å². The molecular weight excluding hydrogens is 218 g/mol. The van der Waals surface area contributed by atoms with Gasteiger partial charge in [-0.2, -0.15) is 0 Å². The van der Waals surface area contributed by atoms with Crippen LogP contribution in [0.2, 0.25) is 0 Å². The Hall–Kier alpha value is -0.960. The summed E-state index contributed by atoms with van der Waals surface area (Å²) in [7, 11) is 0. The Morgan fingerprint density at radius 3 is 2.50 bits per heavy atom. The first-order valence-electron chi connectivity index (χ1n) is 5.61. The molecule has 2 atom stereocenters. The van der Waals surface area contributed by atoms with Crippen LogP contribution in [0.1, 0.15) is 31.7 Å². The number of rotatable bonds is 6. The molecule has 0 aliphatic heterocycles. The highest BCUT2D eigenvalue weighted by Gasteiger charge is 2.15. The number of benzene rings is 1. The van der Waals surface area contributed by atoms with Crippen LogP contribution in [0, 0.1) is 0 Å². The molecule has 0 radical (unpaired) electrons. The van der Waals surface area contributed by atoms with Gasteiger partial charge in [0.1, 0.15) is 0 Å². The van der Waals surface area contributed by atoms with E-state index in [-0.39, 0.29) is 11.2 Å². The predicted molar refractivity (Wildman–Crippen MR) is 70.6 cm³/mol. The lowest BCUT2D eigenvalue weighted by molar-refractivity contribution is -0.117. The highest BCUT2D eigenvalue weighted by atomic mass is 32.2. The highest BCUT2D eigenvalue weighted by molar-refractivity contribution is 8.00. The number of thioether (sulfide) groups is 1. The van der Waals surface area contributed by atoms with Crippen molar-refractivity contribution >= 4 is 17.7 Å². The lowest BCUT2D eigenvalue weighted by atomic mass is 10.0. The fourth-order valence-corrected chi connectivity index (χ4v) is 2.65. The van der Waals surface area contributed by atoms with Gasteiger partial charge in [-0.3, -0.25) is 4.79 Å². The molecule has 2 nitrogen and oxygen atoms in total. The van der Waals surface area contributed by atoms with Crippen molar-refractivity contribution in [2.45, 2.75) is 31.4 Å². The van der Waals surface area contributed by atoms with E-state index in [4.69, 9.17) is 5.73 Å². The lowest BCUT2D eigenvalue weighted by Gasteiger charge is -2.15. The monoisotopic (exact) mass is 237 g/mol. The van der Waals surface area contributed by atoms with Gasteiger partial charge < -0.3 is 5.73 Å². The molecule has 0 saturated heterocycles. The molecule has 0 saturated carbocycles. The fraction of sp³-hybridized carbons (Fsp3) is 0.462. The van der Waals surface area contributed by atoms with E-state index in [0.717, 1.165) is 12.2 Å². The molecule has 0 fully saturated rings. The minimum atomic E-state index is -0.201. The number of carbonyl (C=O) groups excluding carboxylic acids is 1. The average molecular weight is 237 g/mol. The Bertz CT molecular complexity index is 326. The van der Waals surface area contributed by atoms with Crippen molar-refractivity contribution in [2.75, 3.05) is 5.75 Å². The summed E-state index contributed by atoms with van der Waals surface area (Å²) in [6.45, 7) is 4.17. The van der Waals surface area contributed by atoms with E-state index in [2.05, 4.69) is 19.1 Å². The van der Waals surface area contributed by atoms with Gasteiger partial charge in [0.25, 0.3) is 0 Å². The molecule has 88 valence electrons. The first-order valence-corrected chi connectivity index (χ1v) is 6.65. The zero-order valence-electron chi connectivity index (χ0n) is 9.85. The Labute approximate surface area is 102 Å². The molecule has 0 unspecified atom stereocenters. The average Bonchev–Trinajstić information content (AvgIpc) is 2.30. The molecular formula is C13H19NOS. The summed E-state index contributed by atoms with van der Waals surface area (Å²) < 4.78 is 0. The van der Waals surface area contributed by atoms with Crippen molar-refractivity contribution in [3.05, 3.63) is 35.9 Å². The molecule has 3 heteroatoms. The molecule has 0 heterocycles. The maximum absolute atomic E-state index is 11.1. The summed E-state index contributed by atoms with van der Waals surface area (Å²) in [6, 6.07) is 10.3. The quantitative estimate of drug-likeness (QED) is 0.826. The Balaban J connectivity index is 2.46. The van der Waals surface area contributed by atoms with Gasteiger partial charge >= 0.3 is 0 Å². The van der Waals surface area contributed by atoms with Crippen LogP contribution in [-0.2, 0) is 4.79 Å². The van der Waals surface area contributed by atoms with E-state index in [9.17, 15) is 4.79 Å². The lowest BCUT2D eigenvalue weighted by Crippen LogP contribution is -2.25. The predicted octanol–water partition coefficient (Wildman–Crippen LogP) is 2.79. The zero-order chi connectivity index (χ0) is 12.0. The summed E-state index contributed by atoms with van der Waals surface area (Å²) in [6.07, 6.45) is 0.807. The van der Waals surface area contributed by atoms with Crippen molar-refractivity contribution in [3.8, 4) is 0 Å². The smallest absolute Gasteiger partial charge is 0.230 e. The van der Waals surface area contributed by atoms with E-state index in [0.29, 0.717) is 5.92 Å². The van der Waals surface area contributed by atoms with E-state index < -0.39 is 0 Å². The molecule has 0 bridgehead atoms. The van der Waals surface area contributed by atoms with Crippen molar-refractivity contribution in [1.29, 1.82) is 0 Å². The van der Waals surface area contributed by atoms with E-state index >= 15 is 0 Å². The van der Waals surface area contributed by atoms with Crippen molar-refractivity contribution < 1.29 is 4.79 Å². The summed E-state index contributed by atoms with van der Waals surface area (Å²) >= 11 is 1.66. The van der Waals surface area contributed by atoms with Crippen LogP contribution in [0.15, 0.2) is 30.3 Å². The van der Waals surface area contributed by atoms with E-state index in [1.807, 2.05) is 25.1 Å². The summed E-state index contributed by atoms with van der Waals surface area (Å²) in [5.74, 6) is 1.19. The first kappa shape index (κ1) is 13.1. The van der Waals surface area contributed by atoms with Crippen LogP contribution in [-0.4, -0.2) is 16.9 Å². The van der Waals surface area contributed by atoms with Crippen LogP contribution >= 0.6 is 11.8 Å². The van der Waals surface area contributed by atoms with Crippen molar-refractivity contribution in [1.82, 2.24) is 0 Å². The number of hydrogen-bond donors (Lipinski definition) is 1. The topological polar surface area (TPSA) is 43.1 Å². The Morgan fingerprint density at radius 1 is 1.38 bits per heavy atom. The van der Waals surface area contributed by atoms with Crippen LogP contribution in [0.4, 0.5) is 0 Å². The summed E-state index contributed by atoms with van der Waals surface area (Å²) in [5, 5.41) is -0.0498. The van der Waals surface area contributed by atoms with Gasteiger partial charge in [-0.15, -0.1) is 11.8 Å². The second-order valence-corrected chi connectivity index (χ2v) is 5.18. The summed E-state index contributed by atoms with van der Waals surface area (Å²) in [4.78, 5) is 11.1. The van der Waals surface area contributed by atoms with Gasteiger partial charge in [-0.25, -0.2) is 0 Å². The normalized spacial score (nSPS) is 14.4. The second-order valence-electron chi connectivity index (χ2n) is 3.94. The number of amides is 1. The molecule has 2 N–H and O–H groups in total. The van der Waals surface area contributed by atoms with Gasteiger partial charge in [-0.1, -0.05) is 44.2 Å². The third-order valence-electron chi connectivity index (χ3n) is 2.60. The maximum Gasteiger partial charge on any atom is 0.230 e. The van der Waals surface area contributed by atoms with Crippen molar-refractivity contribution in [2.24, 2.45) is 5.73 Å². The molecule has 16 heavy (non-hydrogen) atoms. The van der Waals surface area contributed by atoms with E-state index in [1.54, 1.807) is 11.8 Å². The molecule has 0 aliphatic carbocycles. The minimum absolute atomic E-state index is 0.0498. The van der Waals surface area contributed by atoms with E-state index in [1.165, 1.54) is 5.56 Å². The third-order valence-corrected chi connectivity index (χ3v) is 4.26. The Morgan fingerprint density at radius 2 is 2.00 bits per heavy atom. The fourth-order valence-electron chi connectivity index (χ4n) is 1.54.